The zero-order chi connectivity index (χ0) is 16.7. The SMILES string of the molecule is CCN(C)c1nc2c(C(=O)N[C@@H]3CC4CCN3CC4)cccc2o1.Cl. The molecule has 1 aromatic carbocycles. The third-order valence-corrected chi connectivity index (χ3v) is 5.40. The van der Waals surface area contributed by atoms with Gasteiger partial charge in [0.2, 0.25) is 0 Å². The molecule has 0 aliphatic carbocycles. The number of oxazole rings is 1. The summed E-state index contributed by atoms with van der Waals surface area (Å²) >= 11 is 0. The van der Waals surface area contributed by atoms with Gasteiger partial charge in [-0.1, -0.05) is 6.07 Å². The van der Waals surface area contributed by atoms with Crippen molar-refractivity contribution in [1.82, 2.24) is 15.2 Å². The standard InChI is InChI=1S/C18H24N4O2.ClH/c1-3-21(2)18-20-16-13(5-4-6-14(16)24-18)17(23)19-15-11-12-7-9-22(15)10-8-12;/h4-6,12,15H,3,7-11H2,1-2H3,(H,19,23);1H/t15-;/m0./s1. The second-order valence-electron chi connectivity index (χ2n) is 6.87. The van der Waals surface area contributed by atoms with Crippen LogP contribution in [0, 0.1) is 5.92 Å². The van der Waals surface area contributed by atoms with Crippen molar-refractivity contribution in [1.29, 1.82) is 0 Å². The van der Waals surface area contributed by atoms with E-state index in [2.05, 4.69) is 15.2 Å². The van der Waals surface area contributed by atoms with Gasteiger partial charge in [-0.15, -0.1) is 12.4 Å². The molecule has 5 rings (SSSR count). The van der Waals surface area contributed by atoms with Gasteiger partial charge in [0.25, 0.3) is 11.9 Å². The molecule has 4 heterocycles. The number of aromatic nitrogens is 1. The van der Waals surface area contributed by atoms with Crippen LogP contribution in [0.3, 0.4) is 0 Å². The number of piperidine rings is 3. The van der Waals surface area contributed by atoms with Crippen LogP contribution in [0.15, 0.2) is 22.6 Å². The molecule has 3 saturated heterocycles. The third-order valence-electron chi connectivity index (χ3n) is 5.40. The summed E-state index contributed by atoms with van der Waals surface area (Å²) < 4.78 is 5.78. The summed E-state index contributed by atoms with van der Waals surface area (Å²) in [6.07, 6.45) is 3.74. The van der Waals surface area contributed by atoms with Crippen LogP contribution in [0.5, 0.6) is 0 Å². The number of rotatable bonds is 4. The molecule has 1 amide bonds. The zero-order valence-corrected chi connectivity index (χ0v) is 15.5. The fourth-order valence-electron chi connectivity index (χ4n) is 3.76. The quantitative estimate of drug-likeness (QED) is 0.903. The molecule has 0 spiro atoms. The highest BCUT2D eigenvalue weighted by Crippen LogP contribution is 2.31. The normalized spacial score (nSPS) is 24.8. The van der Waals surface area contributed by atoms with E-state index in [0.717, 1.165) is 32.0 Å². The first-order valence-electron chi connectivity index (χ1n) is 8.81. The van der Waals surface area contributed by atoms with Crippen LogP contribution in [0.2, 0.25) is 0 Å². The summed E-state index contributed by atoms with van der Waals surface area (Å²) in [5.41, 5.74) is 1.89. The maximum atomic E-state index is 12.8. The van der Waals surface area contributed by atoms with Crippen molar-refractivity contribution < 1.29 is 9.21 Å². The van der Waals surface area contributed by atoms with Crippen LogP contribution in [-0.4, -0.2) is 48.6 Å². The minimum Gasteiger partial charge on any atom is -0.423 e. The van der Waals surface area contributed by atoms with E-state index in [1.807, 2.05) is 37.1 Å². The Kier molecular flexibility index (Phi) is 5.20. The molecule has 3 aliphatic heterocycles. The lowest BCUT2D eigenvalue weighted by Crippen LogP contribution is -2.56. The molecular weight excluding hydrogens is 340 g/mol. The summed E-state index contributed by atoms with van der Waals surface area (Å²) in [4.78, 5) is 21.7. The molecule has 1 aromatic heterocycles. The number of anilines is 1. The molecule has 25 heavy (non-hydrogen) atoms. The lowest BCUT2D eigenvalue weighted by molar-refractivity contribution is 0.0295. The molecule has 1 atom stereocenters. The Morgan fingerprint density at radius 2 is 2.16 bits per heavy atom. The van der Waals surface area contributed by atoms with Gasteiger partial charge < -0.3 is 14.6 Å². The van der Waals surface area contributed by atoms with Gasteiger partial charge in [-0.25, -0.2) is 0 Å². The Bertz CT molecular complexity index is 755. The highest BCUT2D eigenvalue weighted by atomic mass is 35.5. The minimum atomic E-state index is -0.0582. The average Bonchev–Trinajstić information content (AvgIpc) is 3.06. The van der Waals surface area contributed by atoms with E-state index in [1.54, 1.807) is 0 Å². The lowest BCUT2D eigenvalue weighted by atomic mass is 9.86. The highest BCUT2D eigenvalue weighted by Gasteiger charge is 2.34. The van der Waals surface area contributed by atoms with Crippen molar-refractivity contribution in [3.8, 4) is 0 Å². The minimum absolute atomic E-state index is 0. The third kappa shape index (κ3) is 3.33. The first-order valence-corrected chi connectivity index (χ1v) is 8.81. The molecule has 0 saturated carbocycles. The second kappa shape index (κ2) is 7.22. The highest BCUT2D eigenvalue weighted by molar-refractivity contribution is 6.04. The van der Waals surface area contributed by atoms with Crippen LogP contribution in [-0.2, 0) is 0 Å². The number of nitrogens with one attached hydrogen (secondary N) is 1. The van der Waals surface area contributed by atoms with E-state index in [-0.39, 0.29) is 24.5 Å². The Morgan fingerprint density at radius 3 is 2.80 bits per heavy atom. The summed E-state index contributed by atoms with van der Waals surface area (Å²) in [7, 11) is 1.93. The summed E-state index contributed by atoms with van der Waals surface area (Å²) in [6, 6.07) is 6.09. The van der Waals surface area contributed by atoms with Crippen molar-refractivity contribution in [3.05, 3.63) is 23.8 Å². The Labute approximate surface area is 154 Å². The molecule has 0 unspecified atom stereocenters. The number of carbonyl (C=O) groups excluding carboxylic acids is 1. The van der Waals surface area contributed by atoms with Crippen LogP contribution in [0.25, 0.3) is 11.1 Å². The first kappa shape index (κ1) is 18.0. The Balaban J connectivity index is 0.00000182. The number of hydrogen-bond acceptors (Lipinski definition) is 5. The number of para-hydroxylation sites is 1. The van der Waals surface area contributed by atoms with Gasteiger partial charge in [0.05, 0.1) is 11.7 Å². The predicted molar refractivity (Wildman–Crippen MR) is 100 cm³/mol. The number of carbonyl (C=O) groups is 1. The number of halogens is 1. The largest absolute Gasteiger partial charge is 0.423 e. The summed E-state index contributed by atoms with van der Waals surface area (Å²) in [6.45, 7) is 5.02. The lowest BCUT2D eigenvalue weighted by Gasteiger charge is -2.45. The molecule has 1 N–H and O–H groups in total. The van der Waals surface area contributed by atoms with E-state index in [0.29, 0.717) is 22.7 Å². The fraction of sp³-hybridized carbons (Fsp3) is 0.556. The van der Waals surface area contributed by atoms with Gasteiger partial charge in [0.1, 0.15) is 5.52 Å². The van der Waals surface area contributed by atoms with Gasteiger partial charge in [-0.3, -0.25) is 9.69 Å². The molecular formula is C18H25ClN4O2. The fourth-order valence-corrected chi connectivity index (χ4v) is 3.76. The summed E-state index contributed by atoms with van der Waals surface area (Å²) in [5.74, 6) is 0.699. The molecule has 0 radical (unpaired) electrons. The van der Waals surface area contributed by atoms with Gasteiger partial charge in [-0.2, -0.15) is 4.98 Å². The van der Waals surface area contributed by atoms with Gasteiger partial charge in [0.15, 0.2) is 5.58 Å². The van der Waals surface area contributed by atoms with Crippen molar-refractivity contribution in [3.63, 3.8) is 0 Å². The molecule has 6 nitrogen and oxygen atoms in total. The van der Waals surface area contributed by atoms with Gasteiger partial charge >= 0.3 is 0 Å². The van der Waals surface area contributed by atoms with E-state index < -0.39 is 0 Å². The summed E-state index contributed by atoms with van der Waals surface area (Å²) in [5, 5.41) is 3.20. The van der Waals surface area contributed by atoms with Crippen molar-refractivity contribution in [2.45, 2.75) is 32.4 Å². The maximum Gasteiger partial charge on any atom is 0.298 e. The second-order valence-corrected chi connectivity index (χ2v) is 6.87. The Hall–Kier alpha value is -1.79. The Morgan fingerprint density at radius 1 is 1.40 bits per heavy atom. The molecule has 136 valence electrons. The molecule has 7 heteroatoms. The van der Waals surface area contributed by atoms with Crippen LogP contribution >= 0.6 is 12.4 Å². The van der Waals surface area contributed by atoms with Crippen LogP contribution in [0.4, 0.5) is 6.01 Å². The van der Waals surface area contributed by atoms with E-state index in [1.165, 1.54) is 12.8 Å². The topological polar surface area (TPSA) is 61.6 Å². The average molecular weight is 365 g/mol. The number of amides is 1. The molecule has 2 aromatic rings. The van der Waals surface area contributed by atoms with Gasteiger partial charge in [-0.05, 0) is 44.2 Å². The molecule has 3 aliphatic rings. The van der Waals surface area contributed by atoms with E-state index in [4.69, 9.17) is 4.42 Å². The smallest absolute Gasteiger partial charge is 0.298 e. The number of benzene rings is 1. The monoisotopic (exact) mass is 364 g/mol. The number of nitrogens with zero attached hydrogens (tertiary/aromatic N) is 3. The first-order chi connectivity index (χ1) is 11.7. The predicted octanol–water partition coefficient (Wildman–Crippen LogP) is 2.88. The van der Waals surface area contributed by atoms with Crippen molar-refractivity contribution >= 4 is 35.4 Å². The van der Waals surface area contributed by atoms with Crippen molar-refractivity contribution in [2.75, 3.05) is 31.6 Å². The maximum absolute atomic E-state index is 12.8. The molecule has 3 fully saturated rings. The van der Waals surface area contributed by atoms with E-state index >= 15 is 0 Å². The van der Waals surface area contributed by atoms with E-state index in [9.17, 15) is 4.79 Å². The van der Waals surface area contributed by atoms with Crippen LogP contribution in [0.1, 0.15) is 36.5 Å². The molecule has 2 bridgehead atoms. The van der Waals surface area contributed by atoms with Crippen LogP contribution < -0.4 is 10.2 Å². The number of hydrogen-bond donors (Lipinski definition) is 1. The number of fused-ring (bicyclic) bond motifs is 4. The zero-order valence-electron chi connectivity index (χ0n) is 14.7. The van der Waals surface area contributed by atoms with Crippen molar-refractivity contribution in [2.24, 2.45) is 5.92 Å². The van der Waals surface area contributed by atoms with Gasteiger partial charge in [0, 0.05) is 26.7 Å².